The molecule has 0 aromatic heterocycles. The first-order valence-electron chi connectivity index (χ1n) is 23.4. The minimum atomic E-state index is -5.39. The van der Waals surface area contributed by atoms with Crippen molar-refractivity contribution in [2.75, 3.05) is 13.2 Å². The number of phosphoric ester groups is 2. The number of aliphatic hydroxyl groups excluding tert-OH is 4. The van der Waals surface area contributed by atoms with Crippen LogP contribution in [0.3, 0.4) is 0 Å². The van der Waals surface area contributed by atoms with Crippen molar-refractivity contribution in [1.29, 1.82) is 0 Å². The molecule has 0 radical (unpaired) electrons. The first-order valence-corrected chi connectivity index (χ1v) is 26.5. The molecule has 1 saturated carbocycles. The number of hydrogen-bond acceptors (Lipinski definition) is 14. The number of rotatable bonds is 38. The summed E-state index contributed by atoms with van der Waals surface area (Å²) in [6, 6.07) is 0. The molecule has 0 spiro atoms. The van der Waals surface area contributed by atoms with E-state index in [1.54, 1.807) is 12.2 Å². The van der Waals surface area contributed by atoms with E-state index in [0.29, 0.717) is 12.8 Å². The van der Waals surface area contributed by atoms with Gasteiger partial charge in [0.15, 0.2) is 11.9 Å². The number of unbranched alkanes of at least 4 members (excludes halogenated alkanes) is 11. The molecule has 0 heterocycles. The van der Waals surface area contributed by atoms with Gasteiger partial charge in [-0.1, -0.05) is 126 Å². The zero-order valence-electron chi connectivity index (χ0n) is 38.8. The molecular weight excluding hydrogens is 898 g/mol. The molecule has 1 aliphatic carbocycles. The fraction of sp³-hybridized carbons (Fsp3) is 0.681. The smallest absolute Gasteiger partial charge is 0.462 e. The summed E-state index contributed by atoms with van der Waals surface area (Å²) >= 11 is 0. The van der Waals surface area contributed by atoms with Crippen molar-refractivity contribution < 1.29 is 81.7 Å². The van der Waals surface area contributed by atoms with Gasteiger partial charge in [-0.2, -0.15) is 0 Å². The van der Waals surface area contributed by atoms with E-state index < -0.39 is 83.5 Å². The van der Waals surface area contributed by atoms with Gasteiger partial charge in [0.25, 0.3) is 0 Å². The monoisotopic (exact) mass is 976 g/mol. The second-order valence-electron chi connectivity index (χ2n) is 16.2. The van der Waals surface area contributed by atoms with Gasteiger partial charge in [0, 0.05) is 19.3 Å². The number of phosphoric acid groups is 2. The van der Waals surface area contributed by atoms with Crippen molar-refractivity contribution in [3.63, 3.8) is 0 Å². The van der Waals surface area contributed by atoms with Crippen molar-refractivity contribution in [2.45, 2.75) is 191 Å². The van der Waals surface area contributed by atoms with Gasteiger partial charge in [-0.05, 0) is 76.7 Å². The third-order valence-electron chi connectivity index (χ3n) is 10.2. The van der Waals surface area contributed by atoms with Crippen LogP contribution in [0.5, 0.6) is 0 Å². The average molecular weight is 977 g/mol. The molecule has 0 amide bonds. The summed E-state index contributed by atoms with van der Waals surface area (Å²) in [5.41, 5.74) is 0. The van der Waals surface area contributed by atoms with Crippen LogP contribution < -0.4 is 0 Å². The molecule has 5 unspecified atom stereocenters. The van der Waals surface area contributed by atoms with E-state index in [2.05, 4.69) is 60.9 Å². The number of hydrogen-bond donors (Lipinski definition) is 7. The van der Waals surface area contributed by atoms with E-state index in [-0.39, 0.29) is 31.5 Å². The Morgan fingerprint density at radius 3 is 1.61 bits per heavy atom. The fourth-order valence-corrected chi connectivity index (χ4v) is 8.08. The molecule has 66 heavy (non-hydrogen) atoms. The zero-order chi connectivity index (χ0) is 49.1. The summed E-state index contributed by atoms with van der Waals surface area (Å²) < 4.78 is 49.1. The lowest BCUT2D eigenvalue weighted by Gasteiger charge is -2.43. The molecular formula is C47H78O17P2. The Hall–Kier alpha value is -2.89. The highest BCUT2D eigenvalue weighted by atomic mass is 31.2. The Labute approximate surface area is 391 Å². The van der Waals surface area contributed by atoms with Gasteiger partial charge in [0.05, 0.1) is 6.61 Å². The van der Waals surface area contributed by atoms with Crippen LogP contribution in [-0.4, -0.2) is 109 Å². The Kier molecular flexibility index (Phi) is 34.3. The number of carbonyl (C=O) groups is 3. The van der Waals surface area contributed by atoms with E-state index in [1.807, 2.05) is 12.2 Å². The Balaban J connectivity index is 2.70. The van der Waals surface area contributed by atoms with Gasteiger partial charge < -0.3 is 44.6 Å². The van der Waals surface area contributed by atoms with E-state index in [0.717, 1.165) is 57.8 Å². The van der Waals surface area contributed by atoms with Crippen LogP contribution in [0.1, 0.15) is 149 Å². The Morgan fingerprint density at radius 2 is 1.03 bits per heavy atom. The normalized spacial score (nSPS) is 22.1. The quantitative estimate of drug-likeness (QED) is 0.00770. The molecule has 0 bridgehead atoms. The predicted molar refractivity (Wildman–Crippen MR) is 251 cm³/mol. The summed E-state index contributed by atoms with van der Waals surface area (Å²) in [6.07, 6.45) is 25.8. The van der Waals surface area contributed by atoms with Crippen LogP contribution in [0.15, 0.2) is 72.9 Å². The number of allylic oxidation sites excluding steroid dienone is 12. The standard InChI is InChI=1S/C47H78O17P2/c1-3-5-7-9-11-13-15-17-18-20-22-24-26-28-30-34-41(50)62-39(37-61-66(58,59)64-47-44(53)42(51)43(52)46(45(47)54)63-65(55,56)57)36-60-40(49)35-31-33-38(48)32-29-27-25-23-21-19-16-14-12-10-8-6-4-2/h11-14,17-19,21,25,27,29,32,39,42-47,51-54H,3-10,15-16,20,22-24,26,28,30-31,33-37H2,1-2H3,(H,58,59)(H2,55,56,57)/b13-11-,14-12-,18-17-,21-19-,27-25-,32-29+/t39-,42?,43?,44?,45?,46-,47+/m1/s1. The number of carbonyl (C=O) groups excluding carboxylic acids is 3. The molecule has 1 fully saturated rings. The van der Waals surface area contributed by atoms with Crippen LogP contribution in [0.2, 0.25) is 0 Å². The number of aliphatic hydroxyl groups is 4. The van der Waals surface area contributed by atoms with Crippen molar-refractivity contribution in [1.82, 2.24) is 0 Å². The van der Waals surface area contributed by atoms with Crippen LogP contribution in [0.25, 0.3) is 0 Å². The lowest BCUT2D eigenvalue weighted by Crippen LogP contribution is -2.64. The highest BCUT2D eigenvalue weighted by molar-refractivity contribution is 7.47. The summed E-state index contributed by atoms with van der Waals surface area (Å²) in [5, 5.41) is 41.2. The fourth-order valence-electron chi connectivity index (χ4n) is 6.54. The third kappa shape index (κ3) is 31.2. The maximum atomic E-state index is 13.0. The van der Waals surface area contributed by atoms with Gasteiger partial charge in [-0.25, -0.2) is 9.13 Å². The van der Waals surface area contributed by atoms with Gasteiger partial charge in [-0.15, -0.1) is 0 Å². The van der Waals surface area contributed by atoms with Crippen molar-refractivity contribution >= 4 is 33.4 Å². The molecule has 7 N–H and O–H groups in total. The number of esters is 2. The minimum absolute atomic E-state index is 0.0256. The molecule has 0 aliphatic heterocycles. The SMILES string of the molecule is CCCCC/C=C\C/C=C\C/C=C\C=C\C(=O)CCCC(=O)OC[C@H](COP(=O)(O)O[C@H]1C(O)C(O)C(O)[C@@H](OP(=O)(O)O)C1O)OC(=O)CCCCCCC/C=C\C/C=C\CCCCC. The summed E-state index contributed by atoms with van der Waals surface area (Å²) in [4.78, 5) is 66.5. The molecule has 0 aromatic rings. The Bertz CT molecular complexity index is 1620. The van der Waals surface area contributed by atoms with E-state index in [1.165, 1.54) is 44.6 Å². The van der Waals surface area contributed by atoms with E-state index >= 15 is 0 Å². The van der Waals surface area contributed by atoms with Crippen molar-refractivity contribution in [2.24, 2.45) is 0 Å². The Morgan fingerprint density at radius 1 is 0.530 bits per heavy atom. The average Bonchev–Trinajstić information content (AvgIpc) is 3.26. The molecule has 0 saturated heterocycles. The molecule has 0 aromatic carbocycles. The maximum absolute atomic E-state index is 13.0. The third-order valence-corrected chi connectivity index (χ3v) is 11.7. The molecule has 19 heteroatoms. The van der Waals surface area contributed by atoms with Crippen LogP contribution >= 0.6 is 15.6 Å². The van der Waals surface area contributed by atoms with Crippen LogP contribution in [-0.2, 0) is 46.6 Å². The topological polar surface area (TPSA) is 273 Å². The highest BCUT2D eigenvalue weighted by Gasteiger charge is 2.54. The number of ketones is 1. The van der Waals surface area contributed by atoms with E-state index in [9.17, 15) is 48.8 Å². The second kappa shape index (κ2) is 37.1. The first kappa shape index (κ1) is 61.1. The van der Waals surface area contributed by atoms with Gasteiger partial charge in [-0.3, -0.25) is 28.0 Å². The summed E-state index contributed by atoms with van der Waals surface area (Å²) in [5.74, 6) is -1.69. The first-order chi connectivity index (χ1) is 31.5. The van der Waals surface area contributed by atoms with Crippen LogP contribution in [0.4, 0.5) is 0 Å². The number of ether oxygens (including phenoxy) is 2. The van der Waals surface area contributed by atoms with E-state index in [4.69, 9.17) is 28.3 Å². The van der Waals surface area contributed by atoms with Crippen LogP contribution in [0, 0.1) is 0 Å². The lowest BCUT2D eigenvalue weighted by atomic mass is 9.85. The predicted octanol–water partition coefficient (Wildman–Crippen LogP) is 8.02. The van der Waals surface area contributed by atoms with Crippen molar-refractivity contribution in [3.05, 3.63) is 72.9 Å². The zero-order valence-corrected chi connectivity index (χ0v) is 40.6. The van der Waals surface area contributed by atoms with Crippen molar-refractivity contribution in [3.8, 4) is 0 Å². The summed E-state index contributed by atoms with van der Waals surface area (Å²) in [6.45, 7) is 2.82. The molecule has 8 atom stereocenters. The largest absolute Gasteiger partial charge is 0.472 e. The molecule has 17 nitrogen and oxygen atoms in total. The van der Waals surface area contributed by atoms with Gasteiger partial charge >= 0.3 is 27.6 Å². The molecule has 1 aliphatic rings. The molecule has 1 rings (SSSR count). The summed E-state index contributed by atoms with van der Waals surface area (Å²) in [7, 11) is -10.8. The maximum Gasteiger partial charge on any atom is 0.472 e. The van der Waals surface area contributed by atoms with Gasteiger partial charge in [0.2, 0.25) is 0 Å². The highest BCUT2D eigenvalue weighted by Crippen LogP contribution is 2.49. The molecule has 378 valence electrons. The lowest BCUT2D eigenvalue weighted by molar-refractivity contribution is -0.216. The van der Waals surface area contributed by atoms with Gasteiger partial charge in [0.1, 0.15) is 43.2 Å². The second-order valence-corrected chi connectivity index (χ2v) is 18.7. The minimum Gasteiger partial charge on any atom is -0.462 e.